The van der Waals surface area contributed by atoms with Gasteiger partial charge in [0, 0.05) is 28.8 Å². The minimum Gasteiger partial charge on any atom is -0.321 e. The molecule has 4 nitrogen and oxygen atoms in total. The Morgan fingerprint density at radius 2 is 2.00 bits per heavy atom. The highest BCUT2D eigenvalue weighted by atomic mass is 32.1. The number of rotatable bonds is 2. The van der Waals surface area contributed by atoms with Crippen LogP contribution in [0.25, 0.3) is 10.1 Å². The molecule has 126 valence electrons. The van der Waals surface area contributed by atoms with Crippen LogP contribution >= 0.6 is 22.7 Å². The number of thiophene rings is 1. The van der Waals surface area contributed by atoms with Gasteiger partial charge in [0.05, 0.1) is 20.1 Å². The number of aromatic nitrogens is 2. The summed E-state index contributed by atoms with van der Waals surface area (Å²) in [6.07, 6.45) is 3.48. The first-order chi connectivity index (χ1) is 12.7. The summed E-state index contributed by atoms with van der Waals surface area (Å²) >= 11 is 2.98. The van der Waals surface area contributed by atoms with E-state index in [1.807, 2.05) is 48.7 Å². The second-order valence-corrected chi connectivity index (χ2v) is 7.68. The number of nitrogens with one attached hydrogen (secondary N) is 1. The van der Waals surface area contributed by atoms with E-state index < -0.39 is 0 Å². The monoisotopic (exact) mass is 375 g/mol. The number of para-hydroxylation sites is 1. The fourth-order valence-corrected chi connectivity index (χ4v) is 3.93. The Kier molecular flexibility index (Phi) is 4.48. The number of carbonyl (C=O) groups is 1. The number of benzene rings is 1. The van der Waals surface area contributed by atoms with Gasteiger partial charge in [0.2, 0.25) is 0 Å². The molecule has 1 N–H and O–H groups in total. The van der Waals surface area contributed by atoms with Crippen LogP contribution in [-0.2, 0) is 0 Å². The Labute approximate surface area is 158 Å². The molecule has 0 atom stereocenters. The lowest BCUT2D eigenvalue weighted by molar-refractivity contribution is 0.103. The van der Waals surface area contributed by atoms with E-state index in [4.69, 9.17) is 0 Å². The van der Waals surface area contributed by atoms with Crippen molar-refractivity contribution in [1.82, 2.24) is 9.97 Å². The number of aryl methyl sites for hydroxylation is 1. The first kappa shape index (κ1) is 16.5. The number of hydrogen-bond acceptors (Lipinski definition) is 5. The molecule has 0 aliphatic heterocycles. The Morgan fingerprint density at radius 1 is 1.15 bits per heavy atom. The zero-order valence-electron chi connectivity index (χ0n) is 13.8. The number of pyridine rings is 1. The van der Waals surface area contributed by atoms with Crippen molar-refractivity contribution in [3.63, 3.8) is 0 Å². The molecule has 0 radical (unpaired) electrons. The number of amides is 1. The molecule has 6 heteroatoms. The van der Waals surface area contributed by atoms with Crippen LogP contribution in [0.5, 0.6) is 0 Å². The van der Waals surface area contributed by atoms with Crippen LogP contribution in [0.1, 0.15) is 25.9 Å². The quantitative estimate of drug-likeness (QED) is 0.516. The van der Waals surface area contributed by atoms with E-state index in [0.29, 0.717) is 4.88 Å². The van der Waals surface area contributed by atoms with Crippen LogP contribution < -0.4 is 5.32 Å². The molecule has 26 heavy (non-hydrogen) atoms. The van der Waals surface area contributed by atoms with E-state index in [1.165, 1.54) is 11.3 Å². The summed E-state index contributed by atoms with van der Waals surface area (Å²) < 4.78 is 0.935. The van der Waals surface area contributed by atoms with E-state index >= 15 is 0 Å². The molecule has 0 aliphatic rings. The molecule has 3 heterocycles. The van der Waals surface area contributed by atoms with E-state index in [0.717, 1.165) is 32.0 Å². The minimum atomic E-state index is -0.133. The average molecular weight is 375 g/mol. The maximum Gasteiger partial charge on any atom is 0.265 e. The Bertz CT molecular complexity index is 1150. The third-order valence-corrected chi connectivity index (χ3v) is 5.49. The van der Waals surface area contributed by atoms with Crippen molar-refractivity contribution in [3.05, 3.63) is 75.3 Å². The fraction of sp³-hybridized carbons (Fsp3) is 0.0500. The third-order valence-electron chi connectivity index (χ3n) is 3.65. The normalized spacial score (nSPS) is 10.3. The van der Waals surface area contributed by atoms with Crippen molar-refractivity contribution in [1.29, 1.82) is 0 Å². The van der Waals surface area contributed by atoms with Crippen molar-refractivity contribution in [2.75, 3.05) is 5.32 Å². The van der Waals surface area contributed by atoms with Crippen LogP contribution in [0.15, 0.2) is 54.2 Å². The molecule has 3 aromatic heterocycles. The van der Waals surface area contributed by atoms with Gasteiger partial charge < -0.3 is 5.32 Å². The number of thiazole rings is 1. The van der Waals surface area contributed by atoms with Crippen LogP contribution in [0, 0.1) is 18.8 Å². The van der Waals surface area contributed by atoms with E-state index in [-0.39, 0.29) is 5.91 Å². The topological polar surface area (TPSA) is 54.9 Å². The van der Waals surface area contributed by atoms with Gasteiger partial charge in [0.25, 0.3) is 5.91 Å². The molecule has 0 unspecified atom stereocenters. The summed E-state index contributed by atoms with van der Waals surface area (Å²) in [6, 6.07) is 11.3. The standard InChI is InChI=1S/C20H13N3OS2/c1-13-22-16(12-25-13)8-7-14-10-21-11-19-17(14)9-18(26-19)20(24)23-15-5-3-2-4-6-15/h2-6,9-12H,1H3,(H,23,24). The van der Waals surface area contributed by atoms with Gasteiger partial charge in [-0.25, -0.2) is 4.98 Å². The molecule has 4 aromatic rings. The first-order valence-corrected chi connectivity index (χ1v) is 9.57. The van der Waals surface area contributed by atoms with Gasteiger partial charge in [0.1, 0.15) is 5.69 Å². The molecular formula is C20H13N3OS2. The number of carbonyl (C=O) groups excluding carboxylic acids is 1. The lowest BCUT2D eigenvalue weighted by Gasteiger charge is -2.01. The molecule has 0 fully saturated rings. The van der Waals surface area contributed by atoms with Crippen LogP contribution in [0.4, 0.5) is 5.69 Å². The molecule has 4 rings (SSSR count). The predicted molar refractivity (Wildman–Crippen MR) is 107 cm³/mol. The molecular weight excluding hydrogens is 362 g/mol. The van der Waals surface area contributed by atoms with Crippen LogP contribution in [0.2, 0.25) is 0 Å². The maximum atomic E-state index is 12.5. The van der Waals surface area contributed by atoms with Crippen molar-refractivity contribution in [3.8, 4) is 11.8 Å². The number of hydrogen-bond donors (Lipinski definition) is 1. The zero-order valence-corrected chi connectivity index (χ0v) is 15.4. The van der Waals surface area contributed by atoms with Crippen LogP contribution in [0.3, 0.4) is 0 Å². The molecule has 0 aliphatic carbocycles. The van der Waals surface area contributed by atoms with Crippen molar-refractivity contribution in [2.24, 2.45) is 0 Å². The summed E-state index contributed by atoms with van der Waals surface area (Å²) in [5.74, 6) is 6.06. The number of nitrogens with zero attached hydrogens (tertiary/aromatic N) is 2. The van der Waals surface area contributed by atoms with Crippen molar-refractivity contribution >= 4 is 44.4 Å². The maximum absolute atomic E-state index is 12.5. The Hall–Kier alpha value is -3.01. The van der Waals surface area contributed by atoms with Gasteiger partial charge in [-0.05, 0) is 31.0 Å². The second kappa shape index (κ2) is 7.08. The SMILES string of the molecule is Cc1nc(C#Cc2cncc3sc(C(=O)Nc4ccccc4)cc23)cs1. The van der Waals surface area contributed by atoms with Gasteiger partial charge in [-0.3, -0.25) is 9.78 Å². The molecule has 1 amide bonds. The van der Waals surface area contributed by atoms with E-state index in [9.17, 15) is 4.79 Å². The van der Waals surface area contributed by atoms with Gasteiger partial charge in [-0.15, -0.1) is 22.7 Å². The zero-order chi connectivity index (χ0) is 17.9. The summed E-state index contributed by atoms with van der Waals surface area (Å²) in [5.41, 5.74) is 2.32. The number of anilines is 1. The smallest absolute Gasteiger partial charge is 0.265 e. The van der Waals surface area contributed by atoms with Crippen LogP contribution in [-0.4, -0.2) is 15.9 Å². The largest absolute Gasteiger partial charge is 0.321 e. The summed E-state index contributed by atoms with van der Waals surface area (Å²) in [5, 5.41) is 6.76. The van der Waals surface area contributed by atoms with E-state index in [1.54, 1.807) is 23.7 Å². The highest BCUT2D eigenvalue weighted by Gasteiger charge is 2.12. The lowest BCUT2D eigenvalue weighted by Crippen LogP contribution is -2.09. The average Bonchev–Trinajstić information content (AvgIpc) is 3.27. The van der Waals surface area contributed by atoms with Crippen molar-refractivity contribution in [2.45, 2.75) is 6.92 Å². The Morgan fingerprint density at radius 3 is 2.77 bits per heavy atom. The van der Waals surface area contributed by atoms with Crippen molar-refractivity contribution < 1.29 is 4.79 Å². The summed E-state index contributed by atoms with van der Waals surface area (Å²) in [7, 11) is 0. The third kappa shape index (κ3) is 3.49. The highest BCUT2D eigenvalue weighted by molar-refractivity contribution is 7.20. The molecule has 0 saturated heterocycles. The Balaban J connectivity index is 1.65. The predicted octanol–water partition coefficient (Wildman–Crippen LogP) is 4.71. The minimum absolute atomic E-state index is 0.133. The molecule has 0 saturated carbocycles. The van der Waals surface area contributed by atoms with Gasteiger partial charge in [0.15, 0.2) is 0 Å². The highest BCUT2D eigenvalue weighted by Crippen LogP contribution is 2.28. The summed E-state index contributed by atoms with van der Waals surface area (Å²) in [4.78, 5) is 21.7. The fourth-order valence-electron chi connectivity index (χ4n) is 2.44. The molecule has 0 bridgehead atoms. The summed E-state index contributed by atoms with van der Waals surface area (Å²) in [6.45, 7) is 1.95. The van der Waals surface area contributed by atoms with Gasteiger partial charge in [-0.1, -0.05) is 24.1 Å². The van der Waals surface area contributed by atoms with Gasteiger partial charge >= 0.3 is 0 Å². The molecule has 1 aromatic carbocycles. The number of fused-ring (bicyclic) bond motifs is 1. The van der Waals surface area contributed by atoms with Gasteiger partial charge in [-0.2, -0.15) is 0 Å². The second-order valence-electron chi connectivity index (χ2n) is 5.53. The lowest BCUT2D eigenvalue weighted by atomic mass is 10.2. The van der Waals surface area contributed by atoms with E-state index in [2.05, 4.69) is 27.1 Å². The first-order valence-electron chi connectivity index (χ1n) is 7.87. The molecule has 0 spiro atoms.